The van der Waals surface area contributed by atoms with E-state index in [0.29, 0.717) is 0 Å². The fourth-order valence-corrected chi connectivity index (χ4v) is 23.6. The van der Waals surface area contributed by atoms with Crippen LogP contribution in [0.2, 0.25) is 0 Å². The highest BCUT2D eigenvalue weighted by atomic mass is 15.1. The smallest absolute Gasteiger partial charge is 0.0462 e. The Hall–Kier alpha value is -18.9. The molecule has 0 aliphatic rings. The molecule has 29 aromatic carbocycles. The monoisotopic (exact) mass is 1840 g/mol. The van der Waals surface area contributed by atoms with E-state index < -0.39 is 0 Å². The Morgan fingerprint density at radius 2 is 0.255 bits per heavy atom. The molecule has 0 atom stereocenters. The van der Waals surface area contributed by atoms with Crippen molar-refractivity contribution in [1.29, 1.82) is 0 Å². The number of para-hydroxylation sites is 2. The largest absolute Gasteiger partial charge is 0.311 e. The van der Waals surface area contributed by atoms with Gasteiger partial charge in [0.2, 0.25) is 0 Å². The highest BCUT2D eigenvalue weighted by molar-refractivity contribution is 6.28. The zero-order valence-electron chi connectivity index (χ0n) is 79.6. The Morgan fingerprint density at radius 3 is 0.531 bits per heavy atom. The molecule has 0 heterocycles. The van der Waals surface area contributed by atoms with Crippen LogP contribution < -0.4 is 4.90 Å². The van der Waals surface area contributed by atoms with Gasteiger partial charge in [-0.1, -0.05) is 504 Å². The molecule has 0 aliphatic carbocycles. The standard InChI is InChI=1S/C54H34.C46H31N.C44H28/c1-3-15-37(16-4-1)51-41-19-7-11-23-45(41)53(46-24-12-8-20-42(46)51)39-31-29-35-27-28-36-30-32-40(34-50(36)49(35)33-39)54-47-25-13-9-21-43(47)52(38-17-5-2-6-18-38)44-22-10-14-26-48(44)54;1-3-14-36(15-4-1)47(37-16-5-2-6-17-37)38-29-27-34(28-30-38)45-40-19-9-11-21-42(40)46(43-22-12-10-20-41(43)45)35-26-25-33-24-23-32-13-7-8-18-39(32)44(33)31-35;1-3-13-35-29(10-1)12-9-19-36(35)31-22-25-33(26-23-31)43-38-15-5-7-17-40(38)44(41-18-8-6-16-39(41)43)34-27-24-32-21-20-30-11-2-4-14-37(30)42(32)28-34/h1-34H;1-31H;1-28H. The molecule has 0 amide bonds. The predicted molar refractivity (Wildman–Crippen MR) is 626 cm³/mol. The van der Waals surface area contributed by atoms with E-state index in [1.165, 1.54) is 262 Å². The summed E-state index contributed by atoms with van der Waals surface area (Å²) in [5.41, 5.74) is 26.0. The van der Waals surface area contributed by atoms with Crippen LogP contribution in [0.15, 0.2) is 564 Å². The summed E-state index contributed by atoms with van der Waals surface area (Å²) < 4.78 is 0. The fourth-order valence-electron chi connectivity index (χ4n) is 23.6. The quantitative estimate of drug-likeness (QED) is 0.0870. The Kier molecular flexibility index (Phi) is 21.4. The molecule has 0 bridgehead atoms. The van der Waals surface area contributed by atoms with Crippen molar-refractivity contribution in [1.82, 2.24) is 0 Å². The van der Waals surface area contributed by atoms with Gasteiger partial charge in [-0.15, -0.1) is 0 Å². The summed E-state index contributed by atoms with van der Waals surface area (Å²) in [5, 5.41) is 38.1. The summed E-state index contributed by atoms with van der Waals surface area (Å²) >= 11 is 0. The van der Waals surface area contributed by atoms with Crippen LogP contribution in [0.25, 0.3) is 262 Å². The van der Waals surface area contributed by atoms with E-state index in [-0.39, 0.29) is 0 Å². The lowest BCUT2D eigenvalue weighted by molar-refractivity contribution is 1.28. The van der Waals surface area contributed by atoms with Crippen molar-refractivity contribution < 1.29 is 0 Å². The number of fused-ring (bicyclic) bond motifs is 18. The summed E-state index contributed by atoms with van der Waals surface area (Å²) in [6.07, 6.45) is 0. The Bertz CT molecular complexity index is 9680. The zero-order chi connectivity index (χ0) is 95.8. The van der Waals surface area contributed by atoms with Crippen LogP contribution >= 0.6 is 0 Å². The summed E-state index contributed by atoms with van der Waals surface area (Å²) in [6.45, 7) is 0. The van der Waals surface area contributed by atoms with Crippen LogP contribution in [-0.2, 0) is 0 Å². The van der Waals surface area contributed by atoms with Crippen LogP contribution in [0.3, 0.4) is 0 Å². The van der Waals surface area contributed by atoms with E-state index in [9.17, 15) is 0 Å². The molecule has 1 nitrogen and oxygen atoms in total. The summed E-state index contributed by atoms with van der Waals surface area (Å²) in [5.74, 6) is 0. The second-order valence-corrected chi connectivity index (χ2v) is 38.1. The van der Waals surface area contributed by atoms with Crippen molar-refractivity contribution in [2.24, 2.45) is 0 Å². The number of rotatable bonds is 12. The molecule has 29 rings (SSSR count). The van der Waals surface area contributed by atoms with E-state index in [2.05, 4.69) is 569 Å². The maximum atomic E-state index is 2.44. The third-order valence-electron chi connectivity index (χ3n) is 30.1. The van der Waals surface area contributed by atoms with Crippen molar-refractivity contribution in [2.45, 2.75) is 0 Å². The number of hydrogen-bond acceptors (Lipinski definition) is 1. The molecule has 0 radical (unpaired) electrons. The molecule has 0 spiro atoms. The summed E-state index contributed by atoms with van der Waals surface area (Å²) in [7, 11) is 0. The summed E-state index contributed by atoms with van der Waals surface area (Å²) in [6, 6.07) is 207. The second kappa shape index (κ2) is 36.4. The van der Waals surface area contributed by atoms with Gasteiger partial charge in [-0.25, -0.2) is 0 Å². The van der Waals surface area contributed by atoms with Gasteiger partial charge in [0, 0.05) is 17.1 Å². The van der Waals surface area contributed by atoms with E-state index >= 15 is 0 Å². The molecule has 0 fully saturated rings. The van der Waals surface area contributed by atoms with Gasteiger partial charge in [-0.3, -0.25) is 0 Å². The van der Waals surface area contributed by atoms with Gasteiger partial charge in [0.25, 0.3) is 0 Å². The van der Waals surface area contributed by atoms with Crippen LogP contribution in [0.4, 0.5) is 17.1 Å². The highest BCUT2D eigenvalue weighted by Gasteiger charge is 2.25. The van der Waals surface area contributed by atoms with Crippen LogP contribution in [0.5, 0.6) is 0 Å². The van der Waals surface area contributed by atoms with Gasteiger partial charge >= 0.3 is 0 Å². The number of nitrogens with zero attached hydrogens (tertiary/aromatic N) is 1. The molecule has 29 aromatic rings. The normalized spacial score (nSPS) is 11.6. The number of benzene rings is 29. The molecular formula is C144H93N. The maximum Gasteiger partial charge on any atom is 0.0462 e. The van der Waals surface area contributed by atoms with E-state index in [0.717, 1.165) is 17.1 Å². The zero-order valence-corrected chi connectivity index (χ0v) is 79.6. The fraction of sp³-hybridized carbons (Fsp3) is 0. The molecule has 0 unspecified atom stereocenters. The molecule has 0 saturated carbocycles. The molecule has 0 saturated heterocycles. The Morgan fingerprint density at radius 1 is 0.0897 bits per heavy atom. The van der Waals surface area contributed by atoms with Gasteiger partial charge in [-0.05, 0) is 322 Å². The van der Waals surface area contributed by atoms with Crippen molar-refractivity contribution in [3.63, 3.8) is 0 Å². The molecule has 145 heavy (non-hydrogen) atoms. The minimum Gasteiger partial charge on any atom is -0.311 e. The minimum atomic E-state index is 1.12. The van der Waals surface area contributed by atoms with Crippen molar-refractivity contribution in [3.05, 3.63) is 564 Å². The van der Waals surface area contributed by atoms with Gasteiger partial charge < -0.3 is 4.90 Å². The predicted octanol–water partition coefficient (Wildman–Crippen LogP) is 40.8. The van der Waals surface area contributed by atoms with E-state index in [1.54, 1.807) is 0 Å². The molecule has 1 heteroatoms. The lowest BCUT2D eigenvalue weighted by atomic mass is 9.84. The molecule has 674 valence electrons. The van der Waals surface area contributed by atoms with E-state index in [4.69, 9.17) is 0 Å². The molecular weight excluding hydrogens is 1740 g/mol. The SMILES string of the molecule is c1ccc(-c2c3ccccc3c(-c3ccc4ccc5ccc(-c6c7ccccc7c(-c7ccccc7)c7ccccc67)cc5c4c3)c3ccccc23)cc1.c1ccc(N(c2ccccc2)c2ccc(-c3c4ccccc4c(-c4ccc5ccc6ccccc6c5c4)c4ccccc34)cc2)cc1.c1ccc2c(-c3ccc(-c4c5ccccc5c(-c5ccc6ccc7ccccc7c6c5)c5ccccc45)cc3)cccc2c1. The van der Waals surface area contributed by atoms with Crippen LogP contribution in [-0.4, -0.2) is 0 Å². The lowest BCUT2D eigenvalue weighted by Crippen LogP contribution is -2.09. The van der Waals surface area contributed by atoms with Gasteiger partial charge in [0.15, 0.2) is 0 Å². The summed E-state index contributed by atoms with van der Waals surface area (Å²) in [4.78, 5) is 2.31. The molecule has 0 N–H and O–H groups in total. The Labute approximate surface area is 841 Å². The van der Waals surface area contributed by atoms with Crippen LogP contribution in [0, 0.1) is 0 Å². The van der Waals surface area contributed by atoms with Crippen molar-refractivity contribution in [3.8, 4) is 100 Å². The first-order valence-electron chi connectivity index (χ1n) is 50.2. The minimum absolute atomic E-state index is 1.12. The highest BCUT2D eigenvalue weighted by Crippen LogP contribution is 2.52. The number of anilines is 3. The van der Waals surface area contributed by atoms with E-state index in [1.807, 2.05) is 0 Å². The maximum absolute atomic E-state index is 2.44. The molecule has 0 aromatic heterocycles. The average Bonchev–Trinajstić information content (AvgIpc) is 0.743. The topological polar surface area (TPSA) is 3.24 Å². The average molecular weight is 1840 g/mol. The third-order valence-corrected chi connectivity index (χ3v) is 30.1. The second-order valence-electron chi connectivity index (χ2n) is 38.1. The third kappa shape index (κ3) is 15.0. The first kappa shape index (κ1) is 85.3. The van der Waals surface area contributed by atoms with Gasteiger partial charge in [0.1, 0.15) is 0 Å². The van der Waals surface area contributed by atoms with Crippen LogP contribution in [0.1, 0.15) is 0 Å². The van der Waals surface area contributed by atoms with Gasteiger partial charge in [0.05, 0.1) is 0 Å². The first-order chi connectivity index (χ1) is 72.0. The van der Waals surface area contributed by atoms with Crippen molar-refractivity contribution in [2.75, 3.05) is 4.90 Å². The number of hydrogen-bond donors (Lipinski definition) is 0. The van der Waals surface area contributed by atoms with Crippen molar-refractivity contribution >= 4 is 179 Å². The first-order valence-corrected chi connectivity index (χ1v) is 50.2. The van der Waals surface area contributed by atoms with Gasteiger partial charge in [-0.2, -0.15) is 0 Å². The Balaban J connectivity index is 0.000000109. The lowest BCUT2D eigenvalue weighted by Gasteiger charge is -2.25. The molecule has 0 aliphatic heterocycles.